The highest BCUT2D eigenvalue weighted by molar-refractivity contribution is 5.23. The van der Waals surface area contributed by atoms with Crippen LogP contribution in [-0.2, 0) is 6.42 Å². The number of rotatable bonds is 7. The monoisotopic (exact) mass is 311 g/mol. The second-order valence-corrected chi connectivity index (χ2v) is 6.32. The van der Waals surface area contributed by atoms with E-state index in [0.717, 1.165) is 25.2 Å². The summed E-state index contributed by atoms with van der Waals surface area (Å²) in [7, 11) is 0. The van der Waals surface area contributed by atoms with Crippen molar-refractivity contribution >= 4 is 0 Å². The number of aliphatic hydroxyl groups is 1. The lowest BCUT2D eigenvalue weighted by Crippen LogP contribution is -2.41. The molecule has 1 heterocycles. The molecular weight excluding hydrogens is 286 g/mol. The first-order valence-electron chi connectivity index (χ1n) is 8.46. The molecular formula is C20H25NO2. The molecule has 3 heteroatoms. The molecule has 0 radical (unpaired) electrons. The Morgan fingerprint density at radius 2 is 1.52 bits per heavy atom. The Labute approximate surface area is 138 Å². The Morgan fingerprint density at radius 1 is 0.913 bits per heavy atom. The lowest BCUT2D eigenvalue weighted by molar-refractivity contribution is -0.144. The summed E-state index contributed by atoms with van der Waals surface area (Å²) in [6.45, 7) is 3.13. The van der Waals surface area contributed by atoms with Crippen LogP contribution in [0.15, 0.2) is 60.7 Å². The average molecular weight is 311 g/mol. The van der Waals surface area contributed by atoms with Gasteiger partial charge < -0.3 is 14.7 Å². The molecule has 1 unspecified atom stereocenters. The largest absolute Gasteiger partial charge is 0.462 e. The lowest BCUT2D eigenvalue weighted by atomic mass is 10.0. The minimum Gasteiger partial charge on any atom is -0.462 e. The molecule has 1 aliphatic heterocycles. The van der Waals surface area contributed by atoms with Crippen molar-refractivity contribution in [2.24, 2.45) is 0 Å². The van der Waals surface area contributed by atoms with Crippen molar-refractivity contribution in [1.29, 1.82) is 0 Å². The zero-order valence-corrected chi connectivity index (χ0v) is 13.5. The Morgan fingerprint density at radius 3 is 2.17 bits per heavy atom. The van der Waals surface area contributed by atoms with Crippen LogP contribution in [-0.4, -0.2) is 35.4 Å². The van der Waals surface area contributed by atoms with Gasteiger partial charge in [-0.1, -0.05) is 48.5 Å². The number of nitrogens with zero attached hydrogens (tertiary/aromatic N) is 1. The van der Waals surface area contributed by atoms with E-state index in [9.17, 15) is 5.11 Å². The number of ether oxygens (including phenoxy) is 1. The van der Waals surface area contributed by atoms with Gasteiger partial charge in [-0.25, -0.2) is 0 Å². The van der Waals surface area contributed by atoms with Crippen LogP contribution in [0.25, 0.3) is 0 Å². The van der Waals surface area contributed by atoms with Gasteiger partial charge in [0.2, 0.25) is 5.79 Å². The molecule has 1 saturated heterocycles. The third-order valence-electron chi connectivity index (χ3n) is 4.39. The van der Waals surface area contributed by atoms with Gasteiger partial charge >= 0.3 is 0 Å². The fourth-order valence-electron chi connectivity index (χ4n) is 3.14. The van der Waals surface area contributed by atoms with Crippen LogP contribution in [0, 0.1) is 0 Å². The molecule has 1 N–H and O–H groups in total. The smallest absolute Gasteiger partial charge is 0.213 e. The summed E-state index contributed by atoms with van der Waals surface area (Å²) in [6, 6.07) is 19.7. The van der Waals surface area contributed by atoms with Gasteiger partial charge in [0.05, 0.1) is 0 Å². The van der Waals surface area contributed by atoms with Crippen LogP contribution in [0.2, 0.25) is 0 Å². The molecule has 0 saturated carbocycles. The first-order valence-corrected chi connectivity index (χ1v) is 8.46. The van der Waals surface area contributed by atoms with E-state index in [1.54, 1.807) is 0 Å². The molecule has 0 aliphatic carbocycles. The van der Waals surface area contributed by atoms with Crippen molar-refractivity contribution < 1.29 is 9.84 Å². The predicted molar refractivity (Wildman–Crippen MR) is 92.5 cm³/mol. The molecule has 2 aromatic rings. The Hall–Kier alpha value is -1.84. The standard InChI is InChI=1S/C20H25NO2/c22-20(13-16-21-14-7-8-15-21,17-18-9-3-1-4-10-18)23-19-11-5-2-6-12-19/h1-6,9-12,22H,7-8,13-17H2. The van der Waals surface area contributed by atoms with Gasteiger partial charge in [0.1, 0.15) is 5.75 Å². The van der Waals surface area contributed by atoms with E-state index in [0.29, 0.717) is 18.6 Å². The molecule has 3 nitrogen and oxygen atoms in total. The first kappa shape index (κ1) is 16.0. The van der Waals surface area contributed by atoms with Crippen LogP contribution < -0.4 is 4.74 Å². The maximum atomic E-state index is 11.1. The van der Waals surface area contributed by atoms with E-state index < -0.39 is 5.79 Å². The fourth-order valence-corrected chi connectivity index (χ4v) is 3.14. The summed E-state index contributed by atoms with van der Waals surface area (Å²) in [5, 5.41) is 11.1. The van der Waals surface area contributed by atoms with E-state index >= 15 is 0 Å². The van der Waals surface area contributed by atoms with Gasteiger partial charge in [0, 0.05) is 19.4 Å². The Kier molecular flexibility index (Phi) is 5.31. The third kappa shape index (κ3) is 4.81. The maximum Gasteiger partial charge on any atom is 0.213 e. The van der Waals surface area contributed by atoms with Gasteiger partial charge in [0.25, 0.3) is 0 Å². The molecule has 122 valence electrons. The third-order valence-corrected chi connectivity index (χ3v) is 4.39. The summed E-state index contributed by atoms with van der Waals surface area (Å²) < 4.78 is 5.99. The zero-order valence-electron chi connectivity index (χ0n) is 13.5. The fraction of sp³-hybridized carbons (Fsp3) is 0.400. The van der Waals surface area contributed by atoms with Crippen molar-refractivity contribution in [1.82, 2.24) is 4.90 Å². The van der Waals surface area contributed by atoms with Crippen LogP contribution in [0.1, 0.15) is 24.8 Å². The van der Waals surface area contributed by atoms with Crippen LogP contribution >= 0.6 is 0 Å². The zero-order chi connectivity index (χ0) is 16.0. The quantitative estimate of drug-likeness (QED) is 0.795. The van der Waals surface area contributed by atoms with Gasteiger partial charge in [-0.15, -0.1) is 0 Å². The van der Waals surface area contributed by atoms with Gasteiger partial charge in [-0.2, -0.15) is 0 Å². The van der Waals surface area contributed by atoms with Gasteiger partial charge in [-0.3, -0.25) is 0 Å². The number of para-hydroxylation sites is 1. The van der Waals surface area contributed by atoms with E-state index in [1.165, 1.54) is 12.8 Å². The highest BCUT2D eigenvalue weighted by Crippen LogP contribution is 2.24. The number of hydrogen-bond donors (Lipinski definition) is 1. The molecule has 23 heavy (non-hydrogen) atoms. The average Bonchev–Trinajstić information content (AvgIpc) is 3.08. The second-order valence-electron chi connectivity index (χ2n) is 6.32. The lowest BCUT2D eigenvalue weighted by Gasteiger charge is -2.31. The predicted octanol–water partition coefficient (Wildman–Crippen LogP) is 3.48. The van der Waals surface area contributed by atoms with Crippen molar-refractivity contribution in [2.45, 2.75) is 31.5 Å². The van der Waals surface area contributed by atoms with Crippen molar-refractivity contribution in [3.63, 3.8) is 0 Å². The minimum absolute atomic E-state index is 0.497. The highest BCUT2D eigenvalue weighted by atomic mass is 16.6. The molecule has 0 aromatic heterocycles. The van der Waals surface area contributed by atoms with Crippen LogP contribution in [0.3, 0.4) is 0 Å². The normalized spacial score (nSPS) is 17.8. The van der Waals surface area contributed by atoms with E-state index in [4.69, 9.17) is 4.74 Å². The van der Waals surface area contributed by atoms with Gasteiger partial charge in [-0.05, 0) is 43.6 Å². The molecule has 0 spiro atoms. The Balaban J connectivity index is 1.70. The van der Waals surface area contributed by atoms with E-state index in [-0.39, 0.29) is 0 Å². The van der Waals surface area contributed by atoms with Crippen LogP contribution in [0.5, 0.6) is 5.75 Å². The van der Waals surface area contributed by atoms with Crippen molar-refractivity contribution in [3.05, 3.63) is 66.2 Å². The van der Waals surface area contributed by atoms with E-state index in [2.05, 4.69) is 4.90 Å². The van der Waals surface area contributed by atoms with Crippen molar-refractivity contribution in [3.8, 4) is 5.75 Å². The van der Waals surface area contributed by atoms with Crippen molar-refractivity contribution in [2.75, 3.05) is 19.6 Å². The van der Waals surface area contributed by atoms with Gasteiger partial charge in [0.15, 0.2) is 0 Å². The second kappa shape index (κ2) is 7.62. The molecule has 0 bridgehead atoms. The SMILES string of the molecule is OC(CCN1CCCC1)(Cc1ccccc1)Oc1ccccc1. The molecule has 0 amide bonds. The highest BCUT2D eigenvalue weighted by Gasteiger charge is 2.30. The summed E-state index contributed by atoms with van der Waals surface area (Å²) in [6.07, 6.45) is 3.63. The first-order chi connectivity index (χ1) is 11.2. The maximum absolute atomic E-state index is 11.1. The van der Waals surface area contributed by atoms with E-state index in [1.807, 2.05) is 60.7 Å². The number of benzene rings is 2. The van der Waals surface area contributed by atoms with Crippen LogP contribution in [0.4, 0.5) is 0 Å². The Bertz CT molecular complexity index is 538. The summed E-state index contributed by atoms with van der Waals surface area (Å²) in [4.78, 5) is 2.41. The molecule has 1 fully saturated rings. The molecule has 1 atom stereocenters. The number of hydrogen-bond acceptors (Lipinski definition) is 3. The summed E-state index contributed by atoms with van der Waals surface area (Å²) in [5.74, 6) is -0.460. The number of likely N-dealkylation sites (tertiary alicyclic amines) is 1. The topological polar surface area (TPSA) is 32.7 Å². The molecule has 2 aromatic carbocycles. The molecule has 3 rings (SSSR count). The summed E-state index contributed by atoms with van der Waals surface area (Å²) >= 11 is 0. The minimum atomic E-state index is -1.18. The summed E-state index contributed by atoms with van der Waals surface area (Å²) in [5.41, 5.74) is 1.09. The molecule has 1 aliphatic rings.